The predicted molar refractivity (Wildman–Crippen MR) is 95.6 cm³/mol. The molecule has 0 radical (unpaired) electrons. The molecule has 134 valence electrons. The Labute approximate surface area is 148 Å². The van der Waals surface area contributed by atoms with Crippen LogP contribution in [0.4, 0.5) is 0 Å². The molecule has 5 heteroatoms. The van der Waals surface area contributed by atoms with Gasteiger partial charge in [0.1, 0.15) is 11.5 Å². The summed E-state index contributed by atoms with van der Waals surface area (Å²) in [7, 11) is 1.78. The van der Waals surface area contributed by atoms with Gasteiger partial charge in [-0.2, -0.15) is 0 Å². The Morgan fingerprint density at radius 2 is 2.00 bits per heavy atom. The average Bonchev–Trinajstić information content (AvgIpc) is 3.14. The van der Waals surface area contributed by atoms with E-state index in [4.69, 9.17) is 9.26 Å². The van der Waals surface area contributed by atoms with Gasteiger partial charge in [0.05, 0.1) is 12.2 Å². The molecule has 0 aliphatic heterocycles. The second kappa shape index (κ2) is 6.54. The summed E-state index contributed by atoms with van der Waals surface area (Å²) in [4.78, 5) is 14.6. The zero-order chi connectivity index (χ0) is 18.2. The van der Waals surface area contributed by atoms with E-state index in [2.05, 4.69) is 17.3 Å². The van der Waals surface area contributed by atoms with Gasteiger partial charge in [-0.1, -0.05) is 11.2 Å². The lowest BCUT2D eigenvalue weighted by Gasteiger charge is -2.30. The van der Waals surface area contributed by atoms with Gasteiger partial charge in [-0.3, -0.25) is 4.79 Å². The van der Waals surface area contributed by atoms with Gasteiger partial charge >= 0.3 is 0 Å². The number of carbonyl (C=O) groups is 1. The predicted octanol–water partition coefficient (Wildman–Crippen LogP) is 3.60. The Morgan fingerprint density at radius 1 is 1.28 bits per heavy atom. The molecule has 1 aliphatic carbocycles. The van der Waals surface area contributed by atoms with Gasteiger partial charge in [-0.05, 0) is 70.2 Å². The van der Waals surface area contributed by atoms with Crippen LogP contribution in [0.1, 0.15) is 48.4 Å². The first-order chi connectivity index (χ1) is 11.8. The van der Waals surface area contributed by atoms with E-state index < -0.39 is 5.60 Å². The molecule has 0 spiro atoms. The first-order valence-electron chi connectivity index (χ1n) is 8.76. The van der Waals surface area contributed by atoms with Gasteiger partial charge in [-0.25, -0.2) is 0 Å². The number of aryl methyl sites for hydroxylation is 4. The van der Waals surface area contributed by atoms with E-state index in [0.717, 1.165) is 35.6 Å². The van der Waals surface area contributed by atoms with Crippen molar-refractivity contribution in [1.29, 1.82) is 0 Å². The molecule has 1 aliphatic rings. The second-order valence-corrected chi connectivity index (χ2v) is 7.36. The number of benzene rings is 1. The van der Waals surface area contributed by atoms with E-state index in [1.807, 2.05) is 33.8 Å². The Balaban J connectivity index is 1.71. The van der Waals surface area contributed by atoms with Crippen LogP contribution in [0.2, 0.25) is 0 Å². The highest BCUT2D eigenvalue weighted by molar-refractivity contribution is 5.84. The number of rotatable bonds is 5. The minimum atomic E-state index is -0.944. The highest BCUT2D eigenvalue weighted by Gasteiger charge is 2.33. The highest BCUT2D eigenvalue weighted by Crippen LogP contribution is 2.28. The Kier molecular flexibility index (Phi) is 4.58. The largest absolute Gasteiger partial charge is 0.478 e. The maximum absolute atomic E-state index is 12.9. The summed E-state index contributed by atoms with van der Waals surface area (Å²) < 4.78 is 11.2. The van der Waals surface area contributed by atoms with Crippen LogP contribution in [0.25, 0.3) is 0 Å². The summed E-state index contributed by atoms with van der Waals surface area (Å²) in [5.41, 5.74) is 3.55. The number of nitrogens with zero attached hydrogens (tertiary/aromatic N) is 2. The molecule has 1 amide bonds. The fraction of sp³-hybridized carbons (Fsp3) is 0.500. The first kappa shape index (κ1) is 17.5. The molecule has 5 nitrogen and oxygen atoms in total. The third-order valence-corrected chi connectivity index (χ3v) is 4.88. The lowest BCUT2D eigenvalue weighted by Crippen LogP contribution is -2.47. The van der Waals surface area contributed by atoms with E-state index >= 15 is 0 Å². The molecule has 2 aromatic rings. The van der Waals surface area contributed by atoms with Crippen molar-refractivity contribution in [2.24, 2.45) is 0 Å². The summed E-state index contributed by atoms with van der Waals surface area (Å²) in [5, 5.41) is 3.95. The standard InChI is InChI=1S/C20H26N2O3/c1-13-18(14(2)25-21-13)12-22(5)19(23)20(3,4)24-17-10-9-15-7-6-8-16(15)11-17/h9-11H,6-8,12H2,1-5H3. The third-order valence-electron chi connectivity index (χ3n) is 4.88. The van der Waals surface area contributed by atoms with E-state index in [-0.39, 0.29) is 5.91 Å². The molecule has 3 rings (SSSR count). The van der Waals surface area contributed by atoms with Gasteiger partial charge in [0.2, 0.25) is 0 Å². The van der Waals surface area contributed by atoms with Crippen LogP contribution < -0.4 is 4.74 Å². The molecule has 0 saturated carbocycles. The van der Waals surface area contributed by atoms with Crippen molar-refractivity contribution in [2.75, 3.05) is 7.05 Å². The summed E-state index contributed by atoms with van der Waals surface area (Å²) in [6.45, 7) is 7.83. The van der Waals surface area contributed by atoms with Gasteiger partial charge in [0.15, 0.2) is 5.60 Å². The van der Waals surface area contributed by atoms with Crippen LogP contribution in [-0.4, -0.2) is 28.6 Å². The molecule has 1 aromatic heterocycles. The van der Waals surface area contributed by atoms with Crippen molar-refractivity contribution in [3.05, 3.63) is 46.3 Å². The third kappa shape index (κ3) is 3.55. The Hall–Kier alpha value is -2.30. The molecular weight excluding hydrogens is 316 g/mol. The molecule has 0 fully saturated rings. The molecular formula is C20H26N2O3. The quantitative estimate of drug-likeness (QED) is 0.833. The van der Waals surface area contributed by atoms with Gasteiger partial charge in [0.25, 0.3) is 5.91 Å². The van der Waals surface area contributed by atoms with Crippen molar-refractivity contribution in [3.8, 4) is 5.75 Å². The number of fused-ring (bicyclic) bond motifs is 1. The van der Waals surface area contributed by atoms with Gasteiger partial charge in [0, 0.05) is 12.6 Å². The monoisotopic (exact) mass is 342 g/mol. The minimum Gasteiger partial charge on any atom is -0.478 e. The summed E-state index contributed by atoms with van der Waals surface area (Å²) in [6, 6.07) is 6.16. The zero-order valence-corrected chi connectivity index (χ0v) is 15.7. The van der Waals surface area contributed by atoms with Crippen LogP contribution in [0.3, 0.4) is 0 Å². The molecule has 1 aromatic carbocycles. The average molecular weight is 342 g/mol. The van der Waals surface area contributed by atoms with Crippen molar-refractivity contribution in [1.82, 2.24) is 10.1 Å². The molecule has 0 N–H and O–H groups in total. The van der Waals surface area contributed by atoms with Crippen molar-refractivity contribution < 1.29 is 14.1 Å². The summed E-state index contributed by atoms with van der Waals surface area (Å²) >= 11 is 0. The molecule has 25 heavy (non-hydrogen) atoms. The van der Waals surface area contributed by atoms with Crippen LogP contribution in [0.5, 0.6) is 5.75 Å². The number of amides is 1. The van der Waals surface area contributed by atoms with Crippen molar-refractivity contribution in [3.63, 3.8) is 0 Å². The van der Waals surface area contributed by atoms with Crippen LogP contribution in [0, 0.1) is 13.8 Å². The lowest BCUT2D eigenvalue weighted by atomic mass is 10.1. The highest BCUT2D eigenvalue weighted by atomic mass is 16.5. The fourth-order valence-corrected chi connectivity index (χ4v) is 3.45. The zero-order valence-electron chi connectivity index (χ0n) is 15.7. The number of hydrogen-bond acceptors (Lipinski definition) is 4. The molecule has 0 saturated heterocycles. The molecule has 0 atom stereocenters. The first-order valence-corrected chi connectivity index (χ1v) is 8.76. The van der Waals surface area contributed by atoms with Gasteiger partial charge in [-0.15, -0.1) is 0 Å². The number of likely N-dealkylation sites (N-methyl/N-ethyl adjacent to an activating group) is 1. The number of ether oxygens (including phenoxy) is 1. The van der Waals surface area contributed by atoms with Crippen molar-refractivity contribution >= 4 is 5.91 Å². The van der Waals surface area contributed by atoms with Crippen LogP contribution in [-0.2, 0) is 24.2 Å². The molecule has 0 unspecified atom stereocenters. The van der Waals surface area contributed by atoms with Gasteiger partial charge < -0.3 is 14.2 Å². The van der Waals surface area contributed by atoms with E-state index in [9.17, 15) is 4.79 Å². The van der Waals surface area contributed by atoms with Crippen LogP contribution >= 0.6 is 0 Å². The molecule has 0 bridgehead atoms. The van der Waals surface area contributed by atoms with Crippen LogP contribution in [0.15, 0.2) is 22.7 Å². The number of hydrogen-bond donors (Lipinski definition) is 0. The van der Waals surface area contributed by atoms with E-state index in [1.54, 1.807) is 11.9 Å². The lowest BCUT2D eigenvalue weighted by molar-refractivity contribution is -0.144. The summed E-state index contributed by atoms with van der Waals surface area (Å²) in [5.74, 6) is 1.42. The fourth-order valence-electron chi connectivity index (χ4n) is 3.45. The van der Waals surface area contributed by atoms with Crippen molar-refractivity contribution in [2.45, 2.75) is 59.1 Å². The number of aromatic nitrogens is 1. The maximum Gasteiger partial charge on any atom is 0.266 e. The maximum atomic E-state index is 12.9. The Morgan fingerprint density at radius 3 is 2.68 bits per heavy atom. The smallest absolute Gasteiger partial charge is 0.266 e. The molecule has 1 heterocycles. The Bertz CT molecular complexity index is 773. The SMILES string of the molecule is Cc1noc(C)c1CN(C)C(=O)C(C)(C)Oc1ccc2c(c1)CCC2. The summed E-state index contributed by atoms with van der Waals surface area (Å²) in [6.07, 6.45) is 3.42. The van der Waals surface area contributed by atoms with E-state index in [1.165, 1.54) is 17.5 Å². The topological polar surface area (TPSA) is 55.6 Å². The minimum absolute atomic E-state index is 0.0759. The number of carbonyl (C=O) groups excluding carboxylic acids is 1. The van der Waals surface area contributed by atoms with E-state index in [0.29, 0.717) is 6.54 Å². The normalized spacial score (nSPS) is 13.6. The second-order valence-electron chi connectivity index (χ2n) is 7.36.